The number of rotatable bonds is 2. The summed E-state index contributed by atoms with van der Waals surface area (Å²) < 4.78 is 19.1. The maximum absolute atomic E-state index is 13.4. The van der Waals surface area contributed by atoms with Gasteiger partial charge in [0, 0.05) is 17.4 Å². The van der Waals surface area contributed by atoms with Gasteiger partial charge in [-0.3, -0.25) is 4.79 Å². The third kappa shape index (κ3) is 2.94. The predicted octanol–water partition coefficient (Wildman–Crippen LogP) is 3.32. The summed E-state index contributed by atoms with van der Waals surface area (Å²) in [7, 11) is 0. The van der Waals surface area contributed by atoms with Gasteiger partial charge >= 0.3 is 0 Å². The topological polar surface area (TPSA) is 55.3 Å². The van der Waals surface area contributed by atoms with Crippen LogP contribution < -0.4 is 9.64 Å². The van der Waals surface area contributed by atoms with Crippen LogP contribution in [0.5, 0.6) is 5.88 Å². The van der Waals surface area contributed by atoms with Gasteiger partial charge in [0.1, 0.15) is 18.0 Å². The summed E-state index contributed by atoms with van der Waals surface area (Å²) in [5.74, 6) is -0.0512. The van der Waals surface area contributed by atoms with Crippen molar-refractivity contribution >= 4 is 11.6 Å². The van der Waals surface area contributed by atoms with Crippen molar-refractivity contribution < 1.29 is 13.9 Å². The van der Waals surface area contributed by atoms with E-state index < -0.39 is 0 Å². The Kier molecular flexibility index (Phi) is 3.85. The molecule has 4 rings (SSSR count). The largest absolute Gasteiger partial charge is 0.475 e. The van der Waals surface area contributed by atoms with Crippen LogP contribution in [0.1, 0.15) is 10.4 Å². The lowest BCUT2D eigenvalue weighted by Gasteiger charge is -2.19. The standard InChI is InChI=1S/C19H14FN3O2/c20-14-6-4-5-13(11-14)17-21-12-16-18(22-17)25-10-9-23(19(16)24)15-7-2-1-3-8-15/h1-8,11-12H,9-10H2. The van der Waals surface area contributed by atoms with Crippen LogP contribution in [0.2, 0.25) is 0 Å². The number of para-hydroxylation sites is 1. The number of ether oxygens (including phenoxy) is 1. The molecule has 5 nitrogen and oxygen atoms in total. The number of carbonyl (C=O) groups is 1. The highest BCUT2D eigenvalue weighted by atomic mass is 19.1. The Morgan fingerprint density at radius 2 is 1.92 bits per heavy atom. The van der Waals surface area contributed by atoms with Gasteiger partial charge in [0.25, 0.3) is 5.91 Å². The SMILES string of the molecule is O=C1c2cnc(-c3cccc(F)c3)nc2OCCN1c1ccccc1. The van der Waals surface area contributed by atoms with Gasteiger partial charge in [0.2, 0.25) is 5.88 Å². The molecule has 124 valence electrons. The van der Waals surface area contributed by atoms with Gasteiger partial charge in [-0.2, -0.15) is 4.98 Å². The molecule has 25 heavy (non-hydrogen) atoms. The summed E-state index contributed by atoms with van der Waals surface area (Å²) in [6, 6.07) is 15.4. The molecule has 3 aromatic rings. The predicted molar refractivity (Wildman–Crippen MR) is 91.0 cm³/mol. The van der Waals surface area contributed by atoms with Crippen LogP contribution in [0.15, 0.2) is 60.8 Å². The van der Waals surface area contributed by atoms with E-state index in [-0.39, 0.29) is 17.6 Å². The molecular weight excluding hydrogens is 321 g/mol. The average molecular weight is 335 g/mol. The van der Waals surface area contributed by atoms with Crippen molar-refractivity contribution in [3.63, 3.8) is 0 Å². The third-order valence-electron chi connectivity index (χ3n) is 3.93. The molecule has 0 spiro atoms. The van der Waals surface area contributed by atoms with E-state index in [1.54, 1.807) is 17.0 Å². The van der Waals surface area contributed by atoms with E-state index in [2.05, 4.69) is 9.97 Å². The highest BCUT2D eigenvalue weighted by Crippen LogP contribution is 2.26. The summed E-state index contributed by atoms with van der Waals surface area (Å²) in [5, 5.41) is 0. The van der Waals surface area contributed by atoms with E-state index in [0.717, 1.165) is 5.69 Å². The Morgan fingerprint density at radius 1 is 1.08 bits per heavy atom. The lowest BCUT2D eigenvalue weighted by atomic mass is 10.2. The zero-order chi connectivity index (χ0) is 17.2. The van der Waals surface area contributed by atoms with Gasteiger partial charge in [-0.05, 0) is 24.3 Å². The molecular formula is C19H14FN3O2. The van der Waals surface area contributed by atoms with Gasteiger partial charge in [0.15, 0.2) is 5.82 Å². The quantitative estimate of drug-likeness (QED) is 0.721. The maximum Gasteiger partial charge on any atom is 0.265 e. The molecule has 6 heteroatoms. The van der Waals surface area contributed by atoms with Crippen molar-refractivity contribution in [2.24, 2.45) is 0 Å². The molecule has 0 saturated carbocycles. The molecule has 1 amide bonds. The number of benzene rings is 2. The van der Waals surface area contributed by atoms with Gasteiger partial charge < -0.3 is 9.64 Å². The lowest BCUT2D eigenvalue weighted by Crippen LogP contribution is -2.32. The normalized spacial score (nSPS) is 13.8. The first-order valence-electron chi connectivity index (χ1n) is 7.85. The van der Waals surface area contributed by atoms with Crippen molar-refractivity contribution in [2.45, 2.75) is 0 Å². The van der Waals surface area contributed by atoms with E-state index in [1.807, 2.05) is 30.3 Å². The fourth-order valence-electron chi connectivity index (χ4n) is 2.72. The van der Waals surface area contributed by atoms with Crippen LogP contribution in [0.25, 0.3) is 11.4 Å². The van der Waals surface area contributed by atoms with E-state index in [1.165, 1.54) is 18.3 Å². The van der Waals surface area contributed by atoms with Gasteiger partial charge in [-0.1, -0.05) is 30.3 Å². The number of aromatic nitrogens is 2. The molecule has 1 aliphatic rings. The Bertz CT molecular complexity index is 931. The fraction of sp³-hybridized carbons (Fsp3) is 0.105. The van der Waals surface area contributed by atoms with Crippen LogP contribution in [-0.2, 0) is 0 Å². The fourth-order valence-corrected chi connectivity index (χ4v) is 2.72. The van der Waals surface area contributed by atoms with E-state index in [9.17, 15) is 9.18 Å². The molecule has 2 aromatic carbocycles. The number of amides is 1. The number of halogens is 1. The van der Waals surface area contributed by atoms with Gasteiger partial charge in [-0.25, -0.2) is 9.37 Å². The molecule has 0 unspecified atom stereocenters. The minimum atomic E-state index is -0.372. The van der Waals surface area contributed by atoms with Crippen LogP contribution >= 0.6 is 0 Å². The molecule has 0 radical (unpaired) electrons. The Balaban J connectivity index is 1.72. The number of anilines is 1. The molecule has 1 aliphatic heterocycles. The highest BCUT2D eigenvalue weighted by molar-refractivity contribution is 6.07. The van der Waals surface area contributed by atoms with Crippen molar-refractivity contribution in [2.75, 3.05) is 18.1 Å². The summed E-state index contributed by atoms with van der Waals surface area (Å²) in [6.07, 6.45) is 1.44. The van der Waals surface area contributed by atoms with Gasteiger partial charge in [-0.15, -0.1) is 0 Å². The van der Waals surface area contributed by atoms with Crippen LogP contribution in [0, 0.1) is 5.82 Å². The highest BCUT2D eigenvalue weighted by Gasteiger charge is 2.26. The first kappa shape index (κ1) is 15.3. The van der Waals surface area contributed by atoms with Crippen molar-refractivity contribution in [3.8, 4) is 17.3 Å². The number of carbonyl (C=O) groups excluding carboxylic acids is 1. The number of fused-ring (bicyclic) bond motifs is 1. The van der Waals surface area contributed by atoms with E-state index in [0.29, 0.717) is 30.1 Å². The summed E-state index contributed by atoms with van der Waals surface area (Å²) in [6.45, 7) is 0.724. The number of hydrogen-bond donors (Lipinski definition) is 0. The first-order chi connectivity index (χ1) is 12.2. The monoisotopic (exact) mass is 335 g/mol. The Labute approximate surface area is 143 Å². The van der Waals surface area contributed by atoms with Crippen molar-refractivity contribution in [1.29, 1.82) is 0 Å². The van der Waals surface area contributed by atoms with Crippen LogP contribution in [-0.4, -0.2) is 29.0 Å². The Morgan fingerprint density at radius 3 is 2.72 bits per heavy atom. The first-order valence-corrected chi connectivity index (χ1v) is 7.85. The van der Waals surface area contributed by atoms with E-state index in [4.69, 9.17) is 4.74 Å². The molecule has 0 saturated heterocycles. The molecule has 0 bridgehead atoms. The smallest absolute Gasteiger partial charge is 0.265 e. The molecule has 2 heterocycles. The van der Waals surface area contributed by atoms with Crippen LogP contribution in [0.4, 0.5) is 10.1 Å². The average Bonchev–Trinajstić information content (AvgIpc) is 2.81. The number of nitrogens with zero attached hydrogens (tertiary/aromatic N) is 3. The summed E-state index contributed by atoms with van der Waals surface area (Å²) in [5.41, 5.74) is 1.61. The maximum atomic E-state index is 13.4. The summed E-state index contributed by atoms with van der Waals surface area (Å²) >= 11 is 0. The van der Waals surface area contributed by atoms with Crippen LogP contribution in [0.3, 0.4) is 0 Å². The minimum Gasteiger partial charge on any atom is -0.475 e. The molecule has 0 fully saturated rings. The van der Waals surface area contributed by atoms with Crippen molar-refractivity contribution in [1.82, 2.24) is 9.97 Å². The molecule has 0 aliphatic carbocycles. The minimum absolute atomic E-state index is 0.218. The third-order valence-corrected chi connectivity index (χ3v) is 3.93. The Hall–Kier alpha value is -3.28. The second-order valence-electron chi connectivity index (χ2n) is 5.56. The summed E-state index contributed by atoms with van der Waals surface area (Å²) in [4.78, 5) is 23.0. The van der Waals surface area contributed by atoms with Gasteiger partial charge in [0.05, 0.1) is 6.54 Å². The molecule has 0 atom stereocenters. The lowest BCUT2D eigenvalue weighted by molar-refractivity contribution is 0.0989. The number of hydrogen-bond acceptors (Lipinski definition) is 4. The second-order valence-corrected chi connectivity index (χ2v) is 5.56. The molecule has 1 aromatic heterocycles. The zero-order valence-corrected chi connectivity index (χ0v) is 13.2. The second kappa shape index (κ2) is 6.32. The van der Waals surface area contributed by atoms with Crippen molar-refractivity contribution in [3.05, 3.63) is 72.2 Å². The van der Waals surface area contributed by atoms with E-state index >= 15 is 0 Å². The zero-order valence-electron chi connectivity index (χ0n) is 13.2. The molecule has 0 N–H and O–H groups in total.